The molecule has 3 rings (SSSR count). The highest BCUT2D eigenvalue weighted by molar-refractivity contribution is 6.06. The van der Waals surface area contributed by atoms with Crippen molar-refractivity contribution in [1.29, 1.82) is 0 Å². The summed E-state index contributed by atoms with van der Waals surface area (Å²) >= 11 is 0. The Kier molecular flexibility index (Phi) is 4.42. The molecule has 0 unspecified atom stereocenters. The number of fused-ring (bicyclic) bond motifs is 1. The van der Waals surface area contributed by atoms with Crippen LogP contribution in [0.2, 0.25) is 0 Å². The molecule has 0 spiro atoms. The van der Waals surface area contributed by atoms with Crippen LogP contribution in [0.25, 0.3) is 0 Å². The molecule has 0 fully saturated rings. The fourth-order valence-electron chi connectivity index (χ4n) is 2.13. The lowest BCUT2D eigenvalue weighted by Gasteiger charge is -2.07. The van der Waals surface area contributed by atoms with E-state index in [4.69, 9.17) is 9.47 Å². The van der Waals surface area contributed by atoms with Crippen LogP contribution in [0, 0.1) is 0 Å². The Morgan fingerprint density at radius 3 is 2.67 bits per heavy atom. The number of anilines is 1. The molecule has 0 radical (unpaired) electrons. The number of nitrogens with zero attached hydrogens (tertiary/aromatic N) is 1. The standard InChI is InChI=1S/C17H15N3O4/c1-2-5-19-16(21)11-6-12(9-18-8-11)17(22)20-13-3-4-14-15(7-13)24-10-23-14/h2-4,6-9H,1,5,10H2,(H,19,21)(H,20,22). The molecule has 1 aromatic carbocycles. The molecule has 2 aromatic rings. The molecule has 0 saturated heterocycles. The minimum Gasteiger partial charge on any atom is -0.454 e. The summed E-state index contributed by atoms with van der Waals surface area (Å²) in [5.74, 6) is 0.513. The van der Waals surface area contributed by atoms with Gasteiger partial charge >= 0.3 is 0 Å². The van der Waals surface area contributed by atoms with Crippen LogP contribution in [0.3, 0.4) is 0 Å². The molecule has 1 aliphatic heterocycles. The van der Waals surface area contributed by atoms with Gasteiger partial charge in [0, 0.05) is 30.7 Å². The topological polar surface area (TPSA) is 89.6 Å². The molecule has 1 aliphatic rings. The molecule has 0 atom stereocenters. The normalized spacial score (nSPS) is 11.7. The molecule has 7 heteroatoms. The first-order valence-corrected chi connectivity index (χ1v) is 7.22. The van der Waals surface area contributed by atoms with Crippen LogP contribution in [-0.4, -0.2) is 30.1 Å². The summed E-state index contributed by atoms with van der Waals surface area (Å²) in [6.07, 6.45) is 4.36. The van der Waals surface area contributed by atoms with E-state index < -0.39 is 0 Å². The number of benzene rings is 1. The van der Waals surface area contributed by atoms with Crippen molar-refractivity contribution in [3.63, 3.8) is 0 Å². The van der Waals surface area contributed by atoms with E-state index in [1.807, 2.05) is 0 Å². The molecule has 2 N–H and O–H groups in total. The van der Waals surface area contributed by atoms with E-state index in [1.54, 1.807) is 24.3 Å². The van der Waals surface area contributed by atoms with E-state index >= 15 is 0 Å². The molecule has 122 valence electrons. The summed E-state index contributed by atoms with van der Waals surface area (Å²) in [5.41, 5.74) is 1.14. The quantitative estimate of drug-likeness (QED) is 0.821. The number of nitrogens with one attached hydrogen (secondary N) is 2. The number of hydrogen-bond acceptors (Lipinski definition) is 5. The smallest absolute Gasteiger partial charge is 0.257 e. The van der Waals surface area contributed by atoms with Gasteiger partial charge in [-0.3, -0.25) is 14.6 Å². The third-order valence-corrected chi connectivity index (χ3v) is 3.30. The second-order valence-electron chi connectivity index (χ2n) is 4.98. The Balaban J connectivity index is 1.73. The van der Waals surface area contributed by atoms with E-state index in [0.29, 0.717) is 29.3 Å². The van der Waals surface area contributed by atoms with Gasteiger partial charge in [-0.05, 0) is 18.2 Å². The van der Waals surface area contributed by atoms with Crippen LogP contribution >= 0.6 is 0 Å². The Morgan fingerprint density at radius 2 is 1.88 bits per heavy atom. The minimum atomic E-state index is -0.375. The van der Waals surface area contributed by atoms with E-state index in [2.05, 4.69) is 22.2 Å². The van der Waals surface area contributed by atoms with Gasteiger partial charge in [0.1, 0.15) is 0 Å². The summed E-state index contributed by atoms with van der Waals surface area (Å²) in [6.45, 7) is 4.03. The van der Waals surface area contributed by atoms with E-state index in [-0.39, 0.29) is 24.2 Å². The van der Waals surface area contributed by atoms with Crippen molar-refractivity contribution in [2.45, 2.75) is 0 Å². The zero-order chi connectivity index (χ0) is 16.9. The van der Waals surface area contributed by atoms with Crippen LogP contribution in [0.15, 0.2) is 49.3 Å². The lowest BCUT2D eigenvalue weighted by Crippen LogP contribution is -2.24. The Labute approximate surface area is 138 Å². The summed E-state index contributed by atoms with van der Waals surface area (Å²) < 4.78 is 10.5. The van der Waals surface area contributed by atoms with Crippen LogP contribution in [0.1, 0.15) is 20.7 Å². The summed E-state index contributed by atoms with van der Waals surface area (Å²) in [5, 5.41) is 5.37. The Morgan fingerprint density at radius 1 is 1.12 bits per heavy atom. The van der Waals surface area contributed by atoms with Crippen molar-refractivity contribution in [3.8, 4) is 11.5 Å². The second kappa shape index (κ2) is 6.82. The lowest BCUT2D eigenvalue weighted by atomic mass is 10.1. The first-order chi connectivity index (χ1) is 11.7. The van der Waals surface area contributed by atoms with Gasteiger partial charge in [0.15, 0.2) is 11.5 Å². The van der Waals surface area contributed by atoms with E-state index in [0.717, 1.165) is 0 Å². The number of hydrogen-bond donors (Lipinski definition) is 2. The van der Waals surface area contributed by atoms with Gasteiger partial charge in [0.05, 0.1) is 11.1 Å². The first-order valence-electron chi connectivity index (χ1n) is 7.22. The average Bonchev–Trinajstić information content (AvgIpc) is 3.07. The van der Waals surface area contributed by atoms with Crippen molar-refractivity contribution in [1.82, 2.24) is 10.3 Å². The van der Waals surface area contributed by atoms with Gasteiger partial charge in [-0.1, -0.05) is 6.08 Å². The maximum Gasteiger partial charge on any atom is 0.257 e. The van der Waals surface area contributed by atoms with Gasteiger partial charge in [-0.15, -0.1) is 6.58 Å². The highest BCUT2D eigenvalue weighted by atomic mass is 16.7. The molecule has 0 bridgehead atoms. The van der Waals surface area contributed by atoms with Gasteiger partial charge in [0.25, 0.3) is 11.8 Å². The van der Waals surface area contributed by atoms with Crippen molar-refractivity contribution >= 4 is 17.5 Å². The highest BCUT2D eigenvalue weighted by Crippen LogP contribution is 2.34. The first kappa shape index (κ1) is 15.5. The highest BCUT2D eigenvalue weighted by Gasteiger charge is 2.15. The van der Waals surface area contributed by atoms with Crippen LogP contribution < -0.4 is 20.1 Å². The summed E-state index contributed by atoms with van der Waals surface area (Å²) in [6, 6.07) is 6.58. The van der Waals surface area contributed by atoms with Crippen molar-refractivity contribution < 1.29 is 19.1 Å². The number of aromatic nitrogens is 1. The maximum atomic E-state index is 12.3. The predicted octanol–water partition coefficient (Wildman–Crippen LogP) is 1.98. The van der Waals surface area contributed by atoms with Gasteiger partial charge in [-0.25, -0.2) is 0 Å². The molecule has 7 nitrogen and oxygen atoms in total. The molecular weight excluding hydrogens is 310 g/mol. The molecular formula is C17H15N3O4. The molecule has 2 amide bonds. The minimum absolute atomic E-state index is 0.165. The zero-order valence-corrected chi connectivity index (χ0v) is 12.7. The third kappa shape index (κ3) is 3.35. The van der Waals surface area contributed by atoms with Gasteiger partial charge in [0.2, 0.25) is 6.79 Å². The van der Waals surface area contributed by atoms with Crippen molar-refractivity contribution in [3.05, 3.63) is 60.4 Å². The van der Waals surface area contributed by atoms with Crippen molar-refractivity contribution in [2.24, 2.45) is 0 Å². The van der Waals surface area contributed by atoms with Crippen LogP contribution in [0.4, 0.5) is 5.69 Å². The molecule has 0 saturated carbocycles. The second-order valence-corrected chi connectivity index (χ2v) is 4.98. The number of carbonyl (C=O) groups excluding carboxylic acids is 2. The molecule has 0 aliphatic carbocycles. The predicted molar refractivity (Wildman–Crippen MR) is 87.3 cm³/mol. The fourth-order valence-corrected chi connectivity index (χ4v) is 2.13. The number of carbonyl (C=O) groups is 2. The lowest BCUT2D eigenvalue weighted by molar-refractivity contribution is 0.0957. The zero-order valence-electron chi connectivity index (χ0n) is 12.7. The number of amides is 2. The SMILES string of the molecule is C=CCNC(=O)c1cncc(C(=O)Nc2ccc3c(c2)OCO3)c1. The number of ether oxygens (including phenoxy) is 2. The van der Waals surface area contributed by atoms with Gasteiger partial charge in [-0.2, -0.15) is 0 Å². The molecule has 1 aromatic heterocycles. The van der Waals surface area contributed by atoms with Crippen LogP contribution in [-0.2, 0) is 0 Å². The van der Waals surface area contributed by atoms with Gasteiger partial charge < -0.3 is 20.1 Å². The van der Waals surface area contributed by atoms with Crippen molar-refractivity contribution in [2.75, 3.05) is 18.7 Å². The monoisotopic (exact) mass is 325 g/mol. The molecule has 24 heavy (non-hydrogen) atoms. The fraction of sp³-hybridized carbons (Fsp3) is 0.118. The summed E-state index contributed by atoms with van der Waals surface area (Å²) in [7, 11) is 0. The summed E-state index contributed by atoms with van der Waals surface area (Å²) in [4.78, 5) is 28.2. The van der Waals surface area contributed by atoms with E-state index in [9.17, 15) is 9.59 Å². The largest absolute Gasteiger partial charge is 0.454 e. The average molecular weight is 325 g/mol. The van der Waals surface area contributed by atoms with Crippen LogP contribution in [0.5, 0.6) is 11.5 Å². The Hall–Kier alpha value is -3.35. The number of rotatable bonds is 5. The molecule has 2 heterocycles. The number of pyridine rings is 1. The van der Waals surface area contributed by atoms with E-state index in [1.165, 1.54) is 18.5 Å². The third-order valence-electron chi connectivity index (χ3n) is 3.30. The maximum absolute atomic E-state index is 12.3. The Bertz CT molecular complexity index is 804.